The van der Waals surface area contributed by atoms with E-state index in [0.717, 1.165) is 5.69 Å². The van der Waals surface area contributed by atoms with E-state index in [1.54, 1.807) is 10.6 Å². The molecule has 0 unspecified atom stereocenters. The third kappa shape index (κ3) is 1.97. The standard InChI is InChI=1S/C15H14FN3O/c1-2-20-14-6-4-3-5-12(14)19-13-9-10(16)7-8-11(13)18-15(19)17/h3-9H,2H2,1H3,(H2,17,18). The van der Waals surface area contributed by atoms with Gasteiger partial charge in [0, 0.05) is 6.07 Å². The van der Waals surface area contributed by atoms with Crippen molar-refractivity contribution >= 4 is 17.0 Å². The van der Waals surface area contributed by atoms with Gasteiger partial charge in [-0.05, 0) is 31.2 Å². The van der Waals surface area contributed by atoms with E-state index in [4.69, 9.17) is 10.5 Å². The molecule has 0 spiro atoms. The van der Waals surface area contributed by atoms with E-state index in [2.05, 4.69) is 4.98 Å². The zero-order valence-corrected chi connectivity index (χ0v) is 11.0. The van der Waals surface area contributed by atoms with E-state index in [9.17, 15) is 4.39 Å². The number of anilines is 1. The van der Waals surface area contributed by atoms with E-state index in [-0.39, 0.29) is 5.82 Å². The molecule has 102 valence electrons. The Kier molecular flexibility index (Phi) is 3.02. The largest absolute Gasteiger partial charge is 0.492 e. The molecule has 0 aliphatic heterocycles. The first-order chi connectivity index (χ1) is 9.70. The minimum absolute atomic E-state index is 0.303. The molecule has 3 rings (SSSR count). The molecule has 1 aromatic heterocycles. The van der Waals surface area contributed by atoms with Crippen LogP contribution in [0.2, 0.25) is 0 Å². The van der Waals surface area contributed by atoms with E-state index >= 15 is 0 Å². The topological polar surface area (TPSA) is 53.1 Å². The summed E-state index contributed by atoms with van der Waals surface area (Å²) in [5.74, 6) is 0.663. The van der Waals surface area contributed by atoms with Crippen molar-refractivity contribution in [2.75, 3.05) is 12.3 Å². The van der Waals surface area contributed by atoms with Crippen molar-refractivity contribution in [3.8, 4) is 11.4 Å². The van der Waals surface area contributed by atoms with Crippen LogP contribution in [0.1, 0.15) is 6.92 Å². The third-order valence-corrected chi connectivity index (χ3v) is 3.05. The average molecular weight is 271 g/mol. The molecule has 5 heteroatoms. The number of ether oxygens (including phenoxy) is 1. The molecular weight excluding hydrogens is 257 g/mol. The van der Waals surface area contributed by atoms with Crippen LogP contribution in [0.25, 0.3) is 16.7 Å². The molecule has 0 atom stereocenters. The summed E-state index contributed by atoms with van der Waals surface area (Å²) >= 11 is 0. The summed E-state index contributed by atoms with van der Waals surface area (Å²) in [4.78, 5) is 4.25. The van der Waals surface area contributed by atoms with Gasteiger partial charge in [0.15, 0.2) is 0 Å². The lowest BCUT2D eigenvalue weighted by Crippen LogP contribution is -2.04. The zero-order valence-electron chi connectivity index (χ0n) is 11.0. The highest BCUT2D eigenvalue weighted by Crippen LogP contribution is 2.29. The number of imidazole rings is 1. The van der Waals surface area contributed by atoms with Crippen LogP contribution in [0.15, 0.2) is 42.5 Å². The molecule has 0 aliphatic carbocycles. The normalized spacial score (nSPS) is 10.9. The molecule has 0 saturated heterocycles. The predicted molar refractivity (Wildman–Crippen MR) is 76.6 cm³/mol. The molecule has 4 nitrogen and oxygen atoms in total. The van der Waals surface area contributed by atoms with Gasteiger partial charge in [0.2, 0.25) is 5.95 Å². The number of rotatable bonds is 3. The number of benzene rings is 2. The number of hydrogen-bond acceptors (Lipinski definition) is 3. The first-order valence-electron chi connectivity index (χ1n) is 6.36. The molecule has 0 radical (unpaired) electrons. The molecule has 1 heterocycles. The van der Waals surface area contributed by atoms with Crippen molar-refractivity contribution < 1.29 is 9.13 Å². The van der Waals surface area contributed by atoms with Gasteiger partial charge in [-0.2, -0.15) is 0 Å². The molecule has 3 aromatic rings. The van der Waals surface area contributed by atoms with E-state index in [1.165, 1.54) is 12.1 Å². The van der Waals surface area contributed by atoms with Gasteiger partial charge in [-0.1, -0.05) is 12.1 Å². The van der Waals surface area contributed by atoms with Gasteiger partial charge < -0.3 is 10.5 Å². The second kappa shape index (κ2) is 4.85. The van der Waals surface area contributed by atoms with Gasteiger partial charge in [-0.25, -0.2) is 9.37 Å². The van der Waals surface area contributed by atoms with Gasteiger partial charge >= 0.3 is 0 Å². The number of nitrogens with two attached hydrogens (primary N) is 1. The highest BCUT2D eigenvalue weighted by molar-refractivity contribution is 5.81. The second-order valence-corrected chi connectivity index (χ2v) is 4.34. The quantitative estimate of drug-likeness (QED) is 0.796. The fourth-order valence-corrected chi connectivity index (χ4v) is 2.24. The fraction of sp³-hybridized carbons (Fsp3) is 0.133. The molecule has 2 N–H and O–H groups in total. The Morgan fingerprint density at radius 2 is 2.05 bits per heavy atom. The van der Waals surface area contributed by atoms with E-state index in [0.29, 0.717) is 29.3 Å². The van der Waals surface area contributed by atoms with Crippen LogP contribution < -0.4 is 10.5 Å². The smallest absolute Gasteiger partial charge is 0.206 e. The second-order valence-electron chi connectivity index (χ2n) is 4.34. The number of halogens is 1. The first kappa shape index (κ1) is 12.5. The van der Waals surface area contributed by atoms with Crippen molar-refractivity contribution in [1.82, 2.24) is 9.55 Å². The first-order valence-corrected chi connectivity index (χ1v) is 6.36. The predicted octanol–water partition coefficient (Wildman–Crippen LogP) is 3.15. The van der Waals surface area contributed by atoms with E-state index < -0.39 is 0 Å². The average Bonchev–Trinajstić information content (AvgIpc) is 2.75. The molecule has 0 aliphatic rings. The lowest BCUT2D eigenvalue weighted by Gasteiger charge is -2.12. The number of hydrogen-bond donors (Lipinski definition) is 1. The SMILES string of the molecule is CCOc1ccccc1-n1c(N)nc2ccc(F)cc21. The van der Waals surface area contributed by atoms with Gasteiger partial charge in [0.05, 0.1) is 23.3 Å². The van der Waals surface area contributed by atoms with Gasteiger partial charge in [-0.15, -0.1) is 0 Å². The van der Waals surface area contributed by atoms with Crippen molar-refractivity contribution in [2.24, 2.45) is 0 Å². The summed E-state index contributed by atoms with van der Waals surface area (Å²) in [5, 5.41) is 0. The molecule has 0 saturated carbocycles. The summed E-state index contributed by atoms with van der Waals surface area (Å²) in [6.45, 7) is 2.45. The molecule has 2 aromatic carbocycles. The number of nitrogens with zero attached hydrogens (tertiary/aromatic N) is 2. The molecule has 0 amide bonds. The summed E-state index contributed by atoms with van der Waals surface area (Å²) in [5.41, 5.74) is 7.99. The Labute approximate surface area is 115 Å². The van der Waals surface area contributed by atoms with Crippen LogP contribution in [0.3, 0.4) is 0 Å². The molecule has 0 fully saturated rings. The Bertz CT molecular complexity index is 767. The maximum Gasteiger partial charge on any atom is 0.206 e. The van der Waals surface area contributed by atoms with Crippen LogP contribution in [-0.2, 0) is 0 Å². The summed E-state index contributed by atoms with van der Waals surface area (Å²) in [6.07, 6.45) is 0. The maximum atomic E-state index is 13.5. The zero-order chi connectivity index (χ0) is 14.1. The fourth-order valence-electron chi connectivity index (χ4n) is 2.24. The maximum absolute atomic E-state index is 13.5. The van der Waals surface area contributed by atoms with Crippen LogP contribution in [0, 0.1) is 5.82 Å². The van der Waals surface area contributed by atoms with Crippen molar-refractivity contribution in [2.45, 2.75) is 6.92 Å². The van der Waals surface area contributed by atoms with Gasteiger partial charge in [0.1, 0.15) is 11.6 Å². The Morgan fingerprint density at radius 1 is 1.25 bits per heavy atom. The van der Waals surface area contributed by atoms with Crippen molar-refractivity contribution in [1.29, 1.82) is 0 Å². The summed E-state index contributed by atoms with van der Waals surface area (Å²) < 4.78 is 20.8. The van der Waals surface area contributed by atoms with Crippen molar-refractivity contribution in [3.63, 3.8) is 0 Å². The monoisotopic (exact) mass is 271 g/mol. The number of fused-ring (bicyclic) bond motifs is 1. The van der Waals surface area contributed by atoms with Gasteiger partial charge in [0.25, 0.3) is 0 Å². The lowest BCUT2D eigenvalue weighted by atomic mass is 10.2. The lowest BCUT2D eigenvalue weighted by molar-refractivity contribution is 0.339. The van der Waals surface area contributed by atoms with Crippen molar-refractivity contribution in [3.05, 3.63) is 48.3 Å². The summed E-state index contributed by atoms with van der Waals surface area (Å²) in [6, 6.07) is 11.9. The highest BCUT2D eigenvalue weighted by atomic mass is 19.1. The highest BCUT2D eigenvalue weighted by Gasteiger charge is 2.14. The van der Waals surface area contributed by atoms with E-state index in [1.807, 2.05) is 31.2 Å². The van der Waals surface area contributed by atoms with Crippen LogP contribution in [-0.4, -0.2) is 16.2 Å². The third-order valence-electron chi connectivity index (χ3n) is 3.05. The molecular formula is C15H14FN3O. The Morgan fingerprint density at radius 3 is 2.85 bits per heavy atom. The minimum Gasteiger partial charge on any atom is -0.492 e. The van der Waals surface area contributed by atoms with Gasteiger partial charge in [-0.3, -0.25) is 4.57 Å². The Hall–Kier alpha value is -2.56. The summed E-state index contributed by atoms with van der Waals surface area (Å²) in [7, 11) is 0. The number of para-hydroxylation sites is 2. The number of aromatic nitrogens is 2. The van der Waals surface area contributed by atoms with Crippen LogP contribution in [0.4, 0.5) is 10.3 Å². The Balaban J connectivity index is 2.29. The van der Waals surface area contributed by atoms with Crippen LogP contribution >= 0.6 is 0 Å². The molecule has 0 bridgehead atoms. The minimum atomic E-state index is -0.326. The molecule has 20 heavy (non-hydrogen) atoms. The van der Waals surface area contributed by atoms with Crippen LogP contribution in [0.5, 0.6) is 5.75 Å². The number of nitrogen functional groups attached to an aromatic ring is 1.